The van der Waals surface area contributed by atoms with Crippen molar-refractivity contribution in [2.45, 2.75) is 6.10 Å². The van der Waals surface area contributed by atoms with E-state index in [0.717, 1.165) is 14.7 Å². The normalized spacial score (nSPS) is 12.3. The maximum atomic E-state index is 5.73. The summed E-state index contributed by atoms with van der Waals surface area (Å²) in [5.74, 6) is 1.44. The smallest absolute Gasteiger partial charge is 0.135 e. The molecule has 0 aliphatic carbocycles. The first-order chi connectivity index (χ1) is 8.12. The Balaban J connectivity index is 2.87. The average molecular weight is 369 g/mol. The Hall–Kier alpha value is -0.300. The lowest BCUT2D eigenvalue weighted by molar-refractivity contribution is 0.0854. The molecule has 96 valence electrons. The van der Waals surface area contributed by atoms with Gasteiger partial charge in [0.2, 0.25) is 0 Å². The van der Waals surface area contributed by atoms with E-state index in [0.29, 0.717) is 18.9 Å². The van der Waals surface area contributed by atoms with Gasteiger partial charge in [-0.05, 0) is 44.0 Å². The molecule has 1 atom stereocenters. The molecular weight excluding hydrogens is 354 g/mol. The molecule has 0 saturated carbocycles. The molecule has 0 saturated heterocycles. The zero-order valence-corrected chi connectivity index (χ0v) is 12.9. The van der Waals surface area contributed by atoms with Gasteiger partial charge in [0.25, 0.3) is 0 Å². The van der Waals surface area contributed by atoms with Crippen molar-refractivity contribution in [1.29, 1.82) is 0 Å². The van der Waals surface area contributed by atoms with Gasteiger partial charge in [-0.25, -0.2) is 0 Å². The number of nitrogens with two attached hydrogens (primary N) is 1. The van der Waals surface area contributed by atoms with Crippen LogP contribution in [0.1, 0.15) is 0 Å². The molecule has 2 N–H and O–H groups in total. The molecule has 17 heavy (non-hydrogen) atoms. The second-order valence-electron chi connectivity index (χ2n) is 3.35. The van der Waals surface area contributed by atoms with E-state index in [-0.39, 0.29) is 6.10 Å². The van der Waals surface area contributed by atoms with Gasteiger partial charge in [0.15, 0.2) is 0 Å². The topological polar surface area (TPSA) is 53.7 Å². The van der Waals surface area contributed by atoms with Gasteiger partial charge in [-0.1, -0.05) is 0 Å². The summed E-state index contributed by atoms with van der Waals surface area (Å²) in [5.41, 5.74) is 5.59. The highest BCUT2D eigenvalue weighted by Gasteiger charge is 2.13. The number of methoxy groups -OCH3 is 2. The quantitative estimate of drug-likeness (QED) is 0.838. The molecule has 0 fully saturated rings. The summed E-state index contributed by atoms with van der Waals surface area (Å²) < 4.78 is 17.6. The summed E-state index contributed by atoms with van der Waals surface area (Å²) in [6.07, 6.45) is -0.170. The van der Waals surface area contributed by atoms with Gasteiger partial charge in [0, 0.05) is 13.7 Å². The Morgan fingerprint density at radius 2 is 1.76 bits per heavy atom. The number of halogens is 2. The lowest BCUT2D eigenvalue weighted by Crippen LogP contribution is -2.31. The van der Waals surface area contributed by atoms with Crippen molar-refractivity contribution in [3.05, 3.63) is 21.1 Å². The Morgan fingerprint density at radius 3 is 2.29 bits per heavy atom. The third-order valence-corrected chi connectivity index (χ3v) is 3.35. The highest BCUT2D eigenvalue weighted by Crippen LogP contribution is 2.36. The summed E-state index contributed by atoms with van der Waals surface area (Å²) in [6, 6.07) is 3.67. The predicted octanol–water partition coefficient (Wildman–Crippen LogP) is 2.57. The van der Waals surface area contributed by atoms with Gasteiger partial charge in [0.05, 0.1) is 22.7 Å². The Morgan fingerprint density at radius 1 is 1.18 bits per heavy atom. The van der Waals surface area contributed by atoms with Crippen molar-refractivity contribution < 1.29 is 14.2 Å². The molecule has 0 radical (unpaired) electrons. The van der Waals surface area contributed by atoms with Crippen LogP contribution in [-0.2, 0) is 4.74 Å². The molecule has 0 heterocycles. The minimum Gasteiger partial charge on any atom is -0.496 e. The van der Waals surface area contributed by atoms with Crippen LogP contribution in [0.4, 0.5) is 0 Å². The van der Waals surface area contributed by atoms with Crippen molar-refractivity contribution in [3.8, 4) is 11.5 Å². The van der Waals surface area contributed by atoms with E-state index in [4.69, 9.17) is 19.9 Å². The van der Waals surface area contributed by atoms with Crippen LogP contribution in [0.2, 0.25) is 0 Å². The molecule has 1 rings (SSSR count). The molecule has 0 bridgehead atoms. The van der Waals surface area contributed by atoms with Crippen LogP contribution in [0.25, 0.3) is 0 Å². The average Bonchev–Trinajstić information content (AvgIpc) is 2.32. The summed E-state index contributed by atoms with van der Waals surface area (Å²) in [6.45, 7) is 0.844. The molecule has 0 amide bonds. The third-order valence-electron chi connectivity index (χ3n) is 2.12. The van der Waals surface area contributed by atoms with Crippen LogP contribution in [-0.4, -0.2) is 33.5 Å². The molecule has 1 unspecified atom stereocenters. The van der Waals surface area contributed by atoms with Gasteiger partial charge in [-0.3, -0.25) is 0 Å². The van der Waals surface area contributed by atoms with E-state index < -0.39 is 0 Å². The molecule has 1 aromatic rings. The largest absolute Gasteiger partial charge is 0.496 e. The molecule has 0 aliphatic heterocycles. The minimum absolute atomic E-state index is 0.170. The van der Waals surface area contributed by atoms with E-state index in [9.17, 15) is 0 Å². The molecule has 0 aromatic heterocycles. The third kappa shape index (κ3) is 4.13. The van der Waals surface area contributed by atoms with Crippen molar-refractivity contribution in [1.82, 2.24) is 0 Å². The zero-order chi connectivity index (χ0) is 12.8. The first-order valence-electron chi connectivity index (χ1n) is 5.01. The van der Waals surface area contributed by atoms with Crippen molar-refractivity contribution >= 4 is 31.9 Å². The van der Waals surface area contributed by atoms with Crippen molar-refractivity contribution in [2.75, 3.05) is 27.4 Å². The van der Waals surface area contributed by atoms with Crippen LogP contribution >= 0.6 is 31.9 Å². The van der Waals surface area contributed by atoms with Crippen LogP contribution in [0.15, 0.2) is 21.1 Å². The fraction of sp³-hybridized carbons (Fsp3) is 0.455. The fourth-order valence-corrected chi connectivity index (χ4v) is 2.17. The number of hydrogen-bond acceptors (Lipinski definition) is 4. The summed E-state index contributed by atoms with van der Waals surface area (Å²) >= 11 is 6.83. The SMILES string of the molecule is COCC(CN)Oc1cc(Br)c(OC)cc1Br. The van der Waals surface area contributed by atoms with Crippen molar-refractivity contribution in [2.24, 2.45) is 5.73 Å². The summed E-state index contributed by atoms with van der Waals surface area (Å²) in [4.78, 5) is 0. The molecule has 6 heteroatoms. The predicted molar refractivity (Wildman–Crippen MR) is 73.7 cm³/mol. The number of benzene rings is 1. The first-order valence-corrected chi connectivity index (χ1v) is 6.59. The molecule has 1 aromatic carbocycles. The Kier molecular flexibility index (Phi) is 6.26. The minimum atomic E-state index is -0.170. The molecule has 0 aliphatic rings. The Bertz CT molecular complexity index is 374. The molecule has 4 nitrogen and oxygen atoms in total. The monoisotopic (exact) mass is 367 g/mol. The maximum absolute atomic E-state index is 5.73. The van der Waals surface area contributed by atoms with Crippen LogP contribution in [0.3, 0.4) is 0 Å². The van der Waals surface area contributed by atoms with E-state index in [1.165, 1.54) is 0 Å². The van der Waals surface area contributed by atoms with Gasteiger partial charge in [0.1, 0.15) is 17.6 Å². The molecule has 0 spiro atoms. The lowest BCUT2D eigenvalue weighted by Gasteiger charge is -2.18. The highest BCUT2D eigenvalue weighted by molar-refractivity contribution is 9.11. The van der Waals surface area contributed by atoms with Gasteiger partial charge < -0.3 is 19.9 Å². The van der Waals surface area contributed by atoms with E-state index in [2.05, 4.69) is 31.9 Å². The van der Waals surface area contributed by atoms with Crippen LogP contribution in [0.5, 0.6) is 11.5 Å². The zero-order valence-electron chi connectivity index (χ0n) is 9.70. The Labute approximate surface area is 118 Å². The van der Waals surface area contributed by atoms with Gasteiger partial charge in [-0.15, -0.1) is 0 Å². The molecular formula is C11H15Br2NO3. The van der Waals surface area contributed by atoms with Crippen LogP contribution in [0, 0.1) is 0 Å². The number of hydrogen-bond donors (Lipinski definition) is 1. The van der Waals surface area contributed by atoms with Crippen LogP contribution < -0.4 is 15.2 Å². The fourth-order valence-electron chi connectivity index (χ4n) is 1.27. The van der Waals surface area contributed by atoms with Crippen molar-refractivity contribution in [3.63, 3.8) is 0 Å². The number of rotatable bonds is 6. The maximum Gasteiger partial charge on any atom is 0.135 e. The van der Waals surface area contributed by atoms with E-state index in [1.807, 2.05) is 12.1 Å². The van der Waals surface area contributed by atoms with E-state index in [1.54, 1.807) is 14.2 Å². The first kappa shape index (κ1) is 14.8. The summed E-state index contributed by atoms with van der Waals surface area (Å²) in [5, 5.41) is 0. The highest BCUT2D eigenvalue weighted by atomic mass is 79.9. The lowest BCUT2D eigenvalue weighted by atomic mass is 10.3. The van der Waals surface area contributed by atoms with E-state index >= 15 is 0 Å². The second kappa shape index (κ2) is 7.20. The summed E-state index contributed by atoms with van der Waals surface area (Å²) in [7, 11) is 3.23. The van der Waals surface area contributed by atoms with Gasteiger partial charge in [-0.2, -0.15) is 0 Å². The second-order valence-corrected chi connectivity index (χ2v) is 5.06. The standard InChI is InChI=1S/C11H15Br2NO3/c1-15-6-7(5-14)17-11-4-8(12)10(16-2)3-9(11)13/h3-4,7H,5-6,14H2,1-2H3. The number of ether oxygens (including phenoxy) is 3. The van der Waals surface area contributed by atoms with Gasteiger partial charge >= 0.3 is 0 Å².